The van der Waals surface area contributed by atoms with E-state index in [4.69, 9.17) is 13.6 Å². The summed E-state index contributed by atoms with van der Waals surface area (Å²) in [6.45, 7) is 1.11. The summed E-state index contributed by atoms with van der Waals surface area (Å²) >= 11 is 0. The Morgan fingerprint density at radius 1 is 1.23 bits per heavy atom. The van der Waals surface area contributed by atoms with Crippen LogP contribution in [0.3, 0.4) is 0 Å². The quantitative estimate of drug-likeness (QED) is 0.822. The van der Waals surface area contributed by atoms with E-state index in [1.807, 2.05) is 18.2 Å². The summed E-state index contributed by atoms with van der Waals surface area (Å²) in [4.78, 5) is 27.5. The molecule has 5 rings (SSSR count). The van der Waals surface area contributed by atoms with Crippen LogP contribution in [0.25, 0.3) is 0 Å². The molecule has 1 N–H and O–H groups in total. The van der Waals surface area contributed by atoms with Crippen LogP contribution in [0.2, 0.25) is 0 Å². The number of furan rings is 2. The highest BCUT2D eigenvalue weighted by molar-refractivity contribution is 5.92. The van der Waals surface area contributed by atoms with Crippen LogP contribution in [-0.4, -0.2) is 35.0 Å². The van der Waals surface area contributed by atoms with Crippen molar-refractivity contribution in [3.63, 3.8) is 0 Å². The molecule has 2 fully saturated rings. The first-order valence-electron chi connectivity index (χ1n) is 8.65. The highest BCUT2D eigenvalue weighted by Gasteiger charge is 2.66. The average molecular weight is 354 g/mol. The Hall–Kier alpha value is -2.80. The van der Waals surface area contributed by atoms with Crippen molar-refractivity contribution in [1.82, 2.24) is 10.2 Å². The van der Waals surface area contributed by atoms with Gasteiger partial charge in [0.05, 0.1) is 50.1 Å². The van der Waals surface area contributed by atoms with E-state index in [1.165, 1.54) is 0 Å². The van der Waals surface area contributed by atoms with Crippen LogP contribution in [-0.2, 0) is 27.4 Å². The minimum atomic E-state index is -0.707. The minimum Gasteiger partial charge on any atom is -0.467 e. The van der Waals surface area contributed by atoms with Crippen molar-refractivity contribution in [1.29, 1.82) is 0 Å². The predicted molar refractivity (Wildman–Crippen MR) is 88.4 cm³/mol. The molecule has 0 radical (unpaired) electrons. The number of rotatable bonds is 5. The van der Waals surface area contributed by atoms with Crippen molar-refractivity contribution in [2.45, 2.75) is 24.8 Å². The standard InChI is InChI=1S/C19H18N2O5/c22-17(20-9-12-3-1-7-24-12)15-14-5-6-19(26-14)11-21(18(23)16(15)19)10-13-4-2-8-25-13/h1-8,14-16H,9-11H2,(H,20,22)/t14-,15+,16-,19-/m1/s1. The third-order valence-corrected chi connectivity index (χ3v) is 5.43. The molecule has 3 aliphatic heterocycles. The van der Waals surface area contributed by atoms with Crippen LogP contribution in [0, 0.1) is 11.8 Å². The fourth-order valence-corrected chi connectivity index (χ4v) is 4.31. The zero-order valence-electron chi connectivity index (χ0n) is 14.0. The highest BCUT2D eigenvalue weighted by Crippen LogP contribution is 2.52. The molecule has 2 amide bonds. The number of fused-ring (bicyclic) bond motifs is 1. The Kier molecular flexibility index (Phi) is 3.33. The molecule has 0 saturated carbocycles. The van der Waals surface area contributed by atoms with Crippen LogP contribution in [0.15, 0.2) is 57.8 Å². The largest absolute Gasteiger partial charge is 0.467 e. The van der Waals surface area contributed by atoms with Crippen LogP contribution in [0.5, 0.6) is 0 Å². The van der Waals surface area contributed by atoms with Crippen molar-refractivity contribution in [2.24, 2.45) is 11.8 Å². The number of likely N-dealkylation sites (tertiary alicyclic amines) is 1. The maximum atomic E-state index is 13.0. The lowest BCUT2D eigenvalue weighted by atomic mass is 9.77. The number of amides is 2. The zero-order chi connectivity index (χ0) is 17.7. The monoisotopic (exact) mass is 354 g/mol. The van der Waals surface area contributed by atoms with Gasteiger partial charge in [0.15, 0.2) is 0 Å². The summed E-state index contributed by atoms with van der Waals surface area (Å²) in [7, 11) is 0. The van der Waals surface area contributed by atoms with Gasteiger partial charge in [0, 0.05) is 0 Å². The Bertz CT molecular complexity index is 857. The molecule has 7 nitrogen and oxygen atoms in total. The van der Waals surface area contributed by atoms with Gasteiger partial charge in [-0.1, -0.05) is 12.2 Å². The lowest BCUT2D eigenvalue weighted by molar-refractivity contribution is -0.138. The average Bonchev–Trinajstić information content (AvgIpc) is 3.43. The number of hydrogen-bond donors (Lipinski definition) is 1. The van der Waals surface area contributed by atoms with Crippen molar-refractivity contribution in [2.75, 3.05) is 6.54 Å². The summed E-state index contributed by atoms with van der Waals surface area (Å²) in [6.07, 6.45) is 6.64. The Balaban J connectivity index is 1.35. The summed E-state index contributed by atoms with van der Waals surface area (Å²) < 4.78 is 16.7. The van der Waals surface area contributed by atoms with E-state index in [0.717, 1.165) is 0 Å². The summed E-state index contributed by atoms with van der Waals surface area (Å²) in [5.74, 6) is 0.118. The fourth-order valence-electron chi connectivity index (χ4n) is 4.31. The van der Waals surface area contributed by atoms with E-state index in [2.05, 4.69) is 5.32 Å². The van der Waals surface area contributed by atoms with Crippen molar-refractivity contribution < 1.29 is 23.2 Å². The van der Waals surface area contributed by atoms with E-state index >= 15 is 0 Å². The maximum absolute atomic E-state index is 13.0. The van der Waals surface area contributed by atoms with Gasteiger partial charge in [-0.3, -0.25) is 9.59 Å². The SMILES string of the molecule is O=C(NCc1ccco1)[C@H]1[C@H]2C=C[C@]3(CN(Cc4ccco4)C(=O)[C@@H]13)O2. The predicted octanol–water partition coefficient (Wildman–Crippen LogP) is 1.47. The molecule has 0 aliphatic carbocycles. The smallest absolute Gasteiger partial charge is 0.230 e. The number of carbonyl (C=O) groups is 2. The molecule has 7 heteroatoms. The van der Waals surface area contributed by atoms with Gasteiger partial charge < -0.3 is 23.8 Å². The molecule has 0 unspecified atom stereocenters. The lowest BCUT2D eigenvalue weighted by Gasteiger charge is -2.23. The van der Waals surface area contributed by atoms with Gasteiger partial charge in [-0.05, 0) is 24.3 Å². The molecule has 26 heavy (non-hydrogen) atoms. The van der Waals surface area contributed by atoms with Crippen molar-refractivity contribution in [3.05, 3.63) is 60.5 Å². The molecule has 5 heterocycles. The maximum Gasteiger partial charge on any atom is 0.230 e. The summed E-state index contributed by atoms with van der Waals surface area (Å²) in [5.41, 5.74) is -0.707. The molecule has 3 aliphatic rings. The number of ether oxygens (including phenoxy) is 1. The third kappa shape index (κ3) is 2.24. The van der Waals surface area contributed by atoms with Gasteiger partial charge >= 0.3 is 0 Å². The molecule has 2 aromatic rings. The number of nitrogens with one attached hydrogen (secondary N) is 1. The first kappa shape index (κ1) is 15.5. The molecular formula is C19H18N2O5. The Morgan fingerprint density at radius 2 is 2.00 bits per heavy atom. The van der Waals surface area contributed by atoms with Crippen molar-refractivity contribution >= 4 is 11.8 Å². The molecule has 1 spiro atoms. The first-order chi connectivity index (χ1) is 12.7. The second-order valence-electron chi connectivity index (χ2n) is 6.97. The van der Waals surface area contributed by atoms with Crippen LogP contribution in [0.1, 0.15) is 11.5 Å². The number of hydrogen-bond acceptors (Lipinski definition) is 5. The van der Waals surface area contributed by atoms with E-state index in [0.29, 0.717) is 31.2 Å². The minimum absolute atomic E-state index is 0.0635. The third-order valence-electron chi connectivity index (χ3n) is 5.43. The number of carbonyl (C=O) groups excluding carboxylic acids is 2. The van der Waals surface area contributed by atoms with Gasteiger partial charge in [-0.15, -0.1) is 0 Å². The summed E-state index contributed by atoms with van der Waals surface area (Å²) in [5, 5.41) is 2.87. The summed E-state index contributed by atoms with van der Waals surface area (Å²) in [6, 6.07) is 7.19. The topological polar surface area (TPSA) is 84.9 Å². The molecule has 2 bridgehead atoms. The van der Waals surface area contributed by atoms with E-state index in [-0.39, 0.29) is 17.9 Å². The van der Waals surface area contributed by atoms with Crippen molar-refractivity contribution in [3.8, 4) is 0 Å². The molecule has 134 valence electrons. The van der Waals surface area contributed by atoms with Gasteiger partial charge in [-0.25, -0.2) is 0 Å². The fraction of sp³-hybridized carbons (Fsp3) is 0.368. The van der Waals surface area contributed by atoms with E-state index in [1.54, 1.807) is 35.6 Å². The second kappa shape index (κ2) is 5.60. The second-order valence-corrected chi connectivity index (χ2v) is 6.97. The van der Waals surface area contributed by atoms with Gasteiger partial charge in [0.1, 0.15) is 17.1 Å². The molecule has 2 aromatic heterocycles. The van der Waals surface area contributed by atoms with Crippen LogP contribution >= 0.6 is 0 Å². The van der Waals surface area contributed by atoms with E-state index in [9.17, 15) is 9.59 Å². The lowest BCUT2D eigenvalue weighted by Crippen LogP contribution is -2.43. The Morgan fingerprint density at radius 3 is 2.73 bits per heavy atom. The van der Waals surface area contributed by atoms with Gasteiger partial charge in [0.2, 0.25) is 11.8 Å². The number of nitrogens with zero attached hydrogens (tertiary/aromatic N) is 1. The van der Waals surface area contributed by atoms with Gasteiger partial charge in [-0.2, -0.15) is 0 Å². The molecule has 4 atom stereocenters. The van der Waals surface area contributed by atoms with Gasteiger partial charge in [0.25, 0.3) is 0 Å². The first-order valence-corrected chi connectivity index (χ1v) is 8.65. The van der Waals surface area contributed by atoms with E-state index < -0.39 is 17.4 Å². The van der Waals surface area contributed by atoms with Crippen LogP contribution < -0.4 is 5.32 Å². The van der Waals surface area contributed by atoms with Crippen LogP contribution in [0.4, 0.5) is 0 Å². The highest BCUT2D eigenvalue weighted by atomic mass is 16.5. The zero-order valence-corrected chi connectivity index (χ0v) is 14.0. The molecule has 2 saturated heterocycles. The Labute approximate surface area is 149 Å². The molecule has 0 aromatic carbocycles. The molecular weight excluding hydrogens is 336 g/mol. The normalized spacial score (nSPS) is 31.6.